The monoisotopic (exact) mass is 264 g/mol. The van der Waals surface area contributed by atoms with Crippen molar-refractivity contribution in [3.05, 3.63) is 0 Å². The summed E-state index contributed by atoms with van der Waals surface area (Å²) >= 11 is 0. The Morgan fingerprint density at radius 1 is 1.26 bits per heavy atom. The molecule has 3 heteroatoms. The van der Waals surface area contributed by atoms with Crippen molar-refractivity contribution in [2.75, 3.05) is 6.54 Å². The van der Waals surface area contributed by atoms with Crippen molar-refractivity contribution in [2.24, 2.45) is 23.2 Å². The summed E-state index contributed by atoms with van der Waals surface area (Å²) in [5.74, 6) is 0.131. The molecule has 1 aliphatic rings. The summed E-state index contributed by atoms with van der Waals surface area (Å²) in [6.45, 7) is 9.08. The van der Waals surface area contributed by atoms with Crippen LogP contribution in [0.1, 0.15) is 59.8 Å². The van der Waals surface area contributed by atoms with Crippen molar-refractivity contribution in [1.29, 1.82) is 5.26 Å². The highest BCUT2D eigenvalue weighted by molar-refractivity contribution is 5.81. The van der Waals surface area contributed by atoms with Crippen LogP contribution in [0.25, 0.3) is 0 Å². The van der Waals surface area contributed by atoms with Gasteiger partial charge in [-0.05, 0) is 36.5 Å². The Bertz CT molecular complexity index is 335. The van der Waals surface area contributed by atoms with Crippen LogP contribution < -0.4 is 5.32 Å². The molecule has 1 rings (SSSR count). The Labute approximate surface area is 117 Å². The van der Waals surface area contributed by atoms with Gasteiger partial charge in [0.25, 0.3) is 0 Å². The van der Waals surface area contributed by atoms with Crippen LogP contribution in [0.2, 0.25) is 0 Å². The largest absolute Gasteiger partial charge is 0.354 e. The molecule has 1 N–H and O–H groups in total. The van der Waals surface area contributed by atoms with Gasteiger partial charge in [0, 0.05) is 6.54 Å². The maximum atomic E-state index is 12.1. The summed E-state index contributed by atoms with van der Waals surface area (Å²) in [5, 5.41) is 12.1. The van der Waals surface area contributed by atoms with Crippen LogP contribution in [-0.4, -0.2) is 12.5 Å². The second-order valence-corrected chi connectivity index (χ2v) is 6.87. The van der Waals surface area contributed by atoms with Gasteiger partial charge >= 0.3 is 0 Å². The van der Waals surface area contributed by atoms with Crippen LogP contribution in [0, 0.1) is 34.5 Å². The average molecular weight is 264 g/mol. The van der Waals surface area contributed by atoms with Crippen LogP contribution in [0.5, 0.6) is 0 Å². The third kappa shape index (κ3) is 4.53. The third-order valence-electron chi connectivity index (χ3n) is 4.23. The number of nitriles is 1. The molecule has 1 fully saturated rings. The lowest BCUT2D eigenvalue weighted by molar-refractivity contribution is -0.125. The topological polar surface area (TPSA) is 52.9 Å². The van der Waals surface area contributed by atoms with Crippen molar-refractivity contribution in [1.82, 2.24) is 5.32 Å². The van der Waals surface area contributed by atoms with Gasteiger partial charge in [0.15, 0.2) is 0 Å². The molecule has 1 atom stereocenters. The van der Waals surface area contributed by atoms with E-state index in [9.17, 15) is 4.79 Å². The van der Waals surface area contributed by atoms with Gasteiger partial charge < -0.3 is 5.32 Å². The Kier molecular flexibility index (Phi) is 5.85. The van der Waals surface area contributed by atoms with E-state index in [1.54, 1.807) is 0 Å². The first-order chi connectivity index (χ1) is 8.90. The zero-order chi connectivity index (χ0) is 14.5. The fourth-order valence-corrected chi connectivity index (χ4v) is 3.34. The van der Waals surface area contributed by atoms with E-state index in [-0.39, 0.29) is 17.2 Å². The fourth-order valence-electron chi connectivity index (χ4n) is 3.34. The predicted octanol–water partition coefficient (Wildman–Crippen LogP) is 3.50. The third-order valence-corrected chi connectivity index (χ3v) is 4.23. The van der Waals surface area contributed by atoms with E-state index >= 15 is 0 Å². The number of rotatable bonds is 6. The molecular weight excluding hydrogens is 236 g/mol. The minimum Gasteiger partial charge on any atom is -0.354 e. The molecule has 0 heterocycles. The maximum Gasteiger partial charge on any atom is 0.237 e. The lowest BCUT2D eigenvalue weighted by Crippen LogP contribution is -2.40. The highest BCUT2D eigenvalue weighted by Crippen LogP contribution is 2.42. The fraction of sp³-hybridized carbons (Fsp3) is 0.875. The van der Waals surface area contributed by atoms with Crippen molar-refractivity contribution >= 4 is 5.91 Å². The summed E-state index contributed by atoms with van der Waals surface area (Å²) in [6, 6.07) is 2.12. The molecule has 0 saturated heterocycles. The second-order valence-electron chi connectivity index (χ2n) is 6.87. The SMILES string of the molecule is CC(C)CC1(CNC(=O)C(C#N)C(C)C)CCCC1. The molecule has 19 heavy (non-hydrogen) atoms. The highest BCUT2D eigenvalue weighted by Gasteiger charge is 2.35. The second kappa shape index (κ2) is 6.93. The summed E-state index contributed by atoms with van der Waals surface area (Å²) in [4.78, 5) is 12.1. The van der Waals surface area contributed by atoms with Gasteiger partial charge in [-0.2, -0.15) is 5.26 Å². The van der Waals surface area contributed by atoms with Crippen LogP contribution in [0.4, 0.5) is 0 Å². The van der Waals surface area contributed by atoms with Gasteiger partial charge in [-0.25, -0.2) is 0 Å². The van der Waals surface area contributed by atoms with Gasteiger partial charge in [-0.15, -0.1) is 0 Å². The van der Waals surface area contributed by atoms with Crippen molar-refractivity contribution in [3.63, 3.8) is 0 Å². The summed E-state index contributed by atoms with van der Waals surface area (Å²) < 4.78 is 0. The molecule has 0 aromatic heterocycles. The van der Waals surface area contributed by atoms with Gasteiger partial charge in [0.1, 0.15) is 5.92 Å². The van der Waals surface area contributed by atoms with E-state index in [1.165, 1.54) is 32.1 Å². The average Bonchev–Trinajstić information content (AvgIpc) is 2.75. The predicted molar refractivity (Wildman–Crippen MR) is 77.3 cm³/mol. The first kappa shape index (κ1) is 16.0. The van der Waals surface area contributed by atoms with Crippen molar-refractivity contribution < 1.29 is 4.79 Å². The molecule has 0 aromatic carbocycles. The molecule has 3 nitrogen and oxygen atoms in total. The Balaban J connectivity index is 2.57. The van der Waals surface area contributed by atoms with Gasteiger partial charge in [0.2, 0.25) is 5.91 Å². The number of carbonyl (C=O) groups excluding carboxylic acids is 1. The molecule has 0 bridgehead atoms. The molecule has 108 valence electrons. The molecule has 1 saturated carbocycles. The van der Waals surface area contributed by atoms with E-state index in [2.05, 4.69) is 25.2 Å². The Hall–Kier alpha value is -1.04. The van der Waals surface area contributed by atoms with Crippen molar-refractivity contribution in [3.8, 4) is 6.07 Å². The molecule has 1 unspecified atom stereocenters. The Morgan fingerprint density at radius 2 is 1.84 bits per heavy atom. The minimum absolute atomic E-state index is 0.0784. The van der Waals surface area contributed by atoms with Crippen LogP contribution in [0.3, 0.4) is 0 Å². The standard InChI is InChI=1S/C16H28N2O/c1-12(2)9-16(7-5-6-8-16)11-18-15(19)14(10-17)13(3)4/h12-14H,5-9,11H2,1-4H3,(H,18,19). The molecule has 0 aliphatic heterocycles. The van der Waals surface area contributed by atoms with Crippen LogP contribution in [0.15, 0.2) is 0 Å². The van der Waals surface area contributed by atoms with E-state index < -0.39 is 5.92 Å². The molecule has 1 amide bonds. The maximum absolute atomic E-state index is 12.1. The lowest BCUT2D eigenvalue weighted by Gasteiger charge is -2.31. The zero-order valence-corrected chi connectivity index (χ0v) is 12.8. The van der Waals surface area contributed by atoms with E-state index in [4.69, 9.17) is 5.26 Å². The molecular formula is C16H28N2O. The number of hydrogen-bond acceptors (Lipinski definition) is 2. The first-order valence-corrected chi connectivity index (χ1v) is 7.57. The highest BCUT2D eigenvalue weighted by atomic mass is 16.1. The number of hydrogen-bond donors (Lipinski definition) is 1. The quantitative estimate of drug-likeness (QED) is 0.798. The molecule has 1 aliphatic carbocycles. The number of nitrogens with zero attached hydrogens (tertiary/aromatic N) is 1. The summed E-state index contributed by atoms with van der Waals surface area (Å²) in [5.41, 5.74) is 0.279. The first-order valence-electron chi connectivity index (χ1n) is 7.57. The number of nitrogens with one attached hydrogen (secondary N) is 1. The summed E-state index contributed by atoms with van der Waals surface area (Å²) in [6.07, 6.45) is 6.14. The van der Waals surface area contributed by atoms with E-state index in [0.29, 0.717) is 5.92 Å². The van der Waals surface area contributed by atoms with Crippen LogP contribution in [-0.2, 0) is 4.79 Å². The summed E-state index contributed by atoms with van der Waals surface area (Å²) in [7, 11) is 0. The lowest BCUT2D eigenvalue weighted by atomic mass is 9.78. The zero-order valence-electron chi connectivity index (χ0n) is 12.8. The van der Waals surface area contributed by atoms with Crippen LogP contribution >= 0.6 is 0 Å². The molecule has 0 spiro atoms. The molecule has 0 radical (unpaired) electrons. The van der Waals surface area contributed by atoms with E-state index in [1.807, 2.05) is 13.8 Å². The number of carbonyl (C=O) groups is 1. The van der Waals surface area contributed by atoms with Gasteiger partial charge in [-0.3, -0.25) is 4.79 Å². The van der Waals surface area contributed by atoms with Gasteiger partial charge in [-0.1, -0.05) is 40.5 Å². The molecule has 0 aromatic rings. The van der Waals surface area contributed by atoms with Crippen molar-refractivity contribution in [2.45, 2.75) is 59.8 Å². The van der Waals surface area contributed by atoms with E-state index in [0.717, 1.165) is 6.54 Å². The normalized spacial score (nSPS) is 19.4. The minimum atomic E-state index is -0.516. The van der Waals surface area contributed by atoms with Gasteiger partial charge in [0.05, 0.1) is 6.07 Å². The Morgan fingerprint density at radius 3 is 2.26 bits per heavy atom. The number of amides is 1. The smallest absolute Gasteiger partial charge is 0.237 e.